The second-order valence-electron chi connectivity index (χ2n) is 3.79. The summed E-state index contributed by atoms with van der Waals surface area (Å²) in [6.45, 7) is -0.133. The zero-order valence-corrected chi connectivity index (χ0v) is 9.99. The normalized spacial score (nSPS) is 12.4. The smallest absolute Gasteiger partial charge is 0.350 e. The average Bonchev–Trinajstić information content (AvgIpc) is 2.29. The van der Waals surface area contributed by atoms with E-state index in [1.165, 1.54) is 7.05 Å². The zero-order chi connectivity index (χ0) is 13.9. The maximum absolute atomic E-state index is 11.7. The van der Waals surface area contributed by atoms with Crippen LogP contribution in [0.4, 0.5) is 5.69 Å². The molecule has 1 unspecified atom stereocenters. The molecule has 0 saturated heterocycles. The predicted molar refractivity (Wildman–Crippen MR) is 62.5 cm³/mol. The average molecular weight is 258 g/mol. The van der Waals surface area contributed by atoms with Gasteiger partial charge in [0.2, 0.25) is 0 Å². The van der Waals surface area contributed by atoms with Crippen LogP contribution in [0.5, 0.6) is 0 Å². The Morgan fingerprint density at radius 2 is 2.17 bits per heavy atom. The molecule has 0 aliphatic carbocycles. The van der Waals surface area contributed by atoms with Crippen molar-refractivity contribution in [1.82, 2.24) is 14.5 Å². The number of aliphatic hydroxyl groups is 1. The van der Waals surface area contributed by atoms with E-state index in [4.69, 9.17) is 0 Å². The fraction of sp³-hybridized carbons (Fsp3) is 0.556. The fourth-order valence-electron chi connectivity index (χ4n) is 1.51. The number of nitrogens with one attached hydrogen (secondary N) is 1. The SMILES string of the molecule is CNCC(O)Cn1c(=O)c([N+](=O)[O-])cn(C)c1=O. The second kappa shape index (κ2) is 5.56. The second-order valence-corrected chi connectivity index (χ2v) is 3.79. The first-order valence-corrected chi connectivity index (χ1v) is 5.16. The van der Waals surface area contributed by atoms with Crippen LogP contribution in [0.2, 0.25) is 0 Å². The summed E-state index contributed by atoms with van der Waals surface area (Å²) in [5, 5.41) is 22.9. The van der Waals surface area contributed by atoms with E-state index in [1.54, 1.807) is 7.05 Å². The van der Waals surface area contributed by atoms with Crippen molar-refractivity contribution in [1.29, 1.82) is 0 Å². The number of aryl methyl sites for hydroxylation is 1. The van der Waals surface area contributed by atoms with Crippen LogP contribution in [0.15, 0.2) is 15.8 Å². The van der Waals surface area contributed by atoms with Gasteiger partial charge in [-0.1, -0.05) is 0 Å². The number of hydrogen-bond donors (Lipinski definition) is 2. The molecule has 1 aromatic rings. The van der Waals surface area contributed by atoms with E-state index in [0.29, 0.717) is 4.57 Å². The highest BCUT2D eigenvalue weighted by Gasteiger charge is 2.20. The Hall–Kier alpha value is -2.00. The van der Waals surface area contributed by atoms with Gasteiger partial charge in [-0.3, -0.25) is 24.0 Å². The minimum Gasteiger partial charge on any atom is -0.390 e. The Morgan fingerprint density at radius 1 is 1.56 bits per heavy atom. The molecule has 18 heavy (non-hydrogen) atoms. The van der Waals surface area contributed by atoms with Crippen LogP contribution >= 0.6 is 0 Å². The van der Waals surface area contributed by atoms with E-state index in [1.807, 2.05) is 0 Å². The molecule has 100 valence electrons. The number of aliphatic hydroxyl groups excluding tert-OH is 1. The number of rotatable bonds is 5. The highest BCUT2D eigenvalue weighted by Crippen LogP contribution is 1.99. The summed E-state index contributed by atoms with van der Waals surface area (Å²) in [7, 11) is 2.90. The van der Waals surface area contributed by atoms with Gasteiger partial charge >= 0.3 is 16.9 Å². The fourth-order valence-corrected chi connectivity index (χ4v) is 1.51. The van der Waals surface area contributed by atoms with Gasteiger partial charge in [0.25, 0.3) is 0 Å². The monoisotopic (exact) mass is 258 g/mol. The lowest BCUT2D eigenvalue weighted by atomic mass is 10.3. The van der Waals surface area contributed by atoms with Crippen molar-refractivity contribution in [2.24, 2.45) is 7.05 Å². The van der Waals surface area contributed by atoms with Crippen LogP contribution in [0.25, 0.3) is 0 Å². The summed E-state index contributed by atoms with van der Waals surface area (Å²) in [6, 6.07) is 0. The number of likely N-dealkylation sites (N-methyl/N-ethyl adjacent to an activating group) is 1. The molecule has 0 fully saturated rings. The van der Waals surface area contributed by atoms with Crippen molar-refractivity contribution in [2.75, 3.05) is 13.6 Å². The summed E-state index contributed by atoms with van der Waals surface area (Å²) < 4.78 is 1.59. The summed E-state index contributed by atoms with van der Waals surface area (Å²) in [5.41, 5.74) is -2.42. The molecule has 1 aromatic heterocycles. The van der Waals surface area contributed by atoms with E-state index in [2.05, 4.69) is 5.32 Å². The summed E-state index contributed by atoms with van der Waals surface area (Å²) in [6.07, 6.45) is -0.117. The summed E-state index contributed by atoms with van der Waals surface area (Å²) in [4.78, 5) is 33.2. The van der Waals surface area contributed by atoms with Crippen molar-refractivity contribution in [3.05, 3.63) is 37.1 Å². The molecule has 1 atom stereocenters. The minimum atomic E-state index is -1.02. The maximum Gasteiger partial charge on any atom is 0.350 e. The third-order valence-electron chi connectivity index (χ3n) is 2.34. The minimum absolute atomic E-state index is 0.165. The van der Waals surface area contributed by atoms with E-state index in [9.17, 15) is 24.8 Å². The van der Waals surface area contributed by atoms with Crippen molar-refractivity contribution in [3.63, 3.8) is 0 Å². The lowest BCUT2D eigenvalue weighted by Crippen LogP contribution is -2.43. The lowest BCUT2D eigenvalue weighted by Gasteiger charge is -2.11. The van der Waals surface area contributed by atoms with Gasteiger partial charge in [0.15, 0.2) is 0 Å². The van der Waals surface area contributed by atoms with Gasteiger partial charge in [0, 0.05) is 13.6 Å². The summed E-state index contributed by atoms with van der Waals surface area (Å²) >= 11 is 0. The molecule has 1 heterocycles. The van der Waals surface area contributed by atoms with E-state index in [-0.39, 0.29) is 13.1 Å². The Morgan fingerprint density at radius 3 is 2.67 bits per heavy atom. The van der Waals surface area contributed by atoms with Crippen LogP contribution in [0, 0.1) is 10.1 Å². The van der Waals surface area contributed by atoms with Crippen LogP contribution in [0.1, 0.15) is 0 Å². The quantitative estimate of drug-likeness (QED) is 0.467. The largest absolute Gasteiger partial charge is 0.390 e. The van der Waals surface area contributed by atoms with Crippen molar-refractivity contribution in [2.45, 2.75) is 12.6 Å². The maximum atomic E-state index is 11.7. The third-order valence-corrected chi connectivity index (χ3v) is 2.34. The van der Waals surface area contributed by atoms with Gasteiger partial charge < -0.3 is 10.4 Å². The van der Waals surface area contributed by atoms with Gasteiger partial charge in [-0.2, -0.15) is 0 Å². The van der Waals surface area contributed by atoms with Crippen molar-refractivity contribution >= 4 is 5.69 Å². The summed E-state index contributed by atoms with van der Waals surface area (Å²) in [5.74, 6) is 0. The van der Waals surface area contributed by atoms with E-state index < -0.39 is 28.0 Å². The van der Waals surface area contributed by atoms with Gasteiger partial charge in [-0.05, 0) is 7.05 Å². The Bertz CT molecular complexity index is 561. The Balaban J connectivity index is 3.30. The highest BCUT2D eigenvalue weighted by molar-refractivity contribution is 5.21. The molecule has 0 bridgehead atoms. The molecule has 0 spiro atoms. The van der Waals surface area contributed by atoms with Crippen LogP contribution in [-0.4, -0.2) is 38.9 Å². The first-order valence-electron chi connectivity index (χ1n) is 5.16. The topological polar surface area (TPSA) is 119 Å². The molecule has 9 nitrogen and oxygen atoms in total. The molecule has 0 radical (unpaired) electrons. The van der Waals surface area contributed by atoms with Gasteiger partial charge in [0.05, 0.1) is 23.8 Å². The van der Waals surface area contributed by atoms with Crippen LogP contribution in [0.3, 0.4) is 0 Å². The molecule has 2 N–H and O–H groups in total. The predicted octanol–water partition coefficient (Wildman–Crippen LogP) is -1.96. The number of aromatic nitrogens is 2. The molecule has 0 saturated carbocycles. The molecule has 0 aliphatic rings. The zero-order valence-electron chi connectivity index (χ0n) is 9.99. The van der Waals surface area contributed by atoms with Gasteiger partial charge in [0.1, 0.15) is 0 Å². The molecule has 0 amide bonds. The number of nitrogens with zero attached hydrogens (tertiary/aromatic N) is 3. The highest BCUT2D eigenvalue weighted by atomic mass is 16.6. The first-order chi connectivity index (χ1) is 8.38. The molecule has 0 aromatic carbocycles. The Kier molecular flexibility index (Phi) is 4.34. The standard InChI is InChI=1S/C9H14N4O5/c1-10-3-6(14)4-12-8(15)7(13(17)18)5-11(2)9(12)16/h5-6,10,14H,3-4H2,1-2H3. The van der Waals surface area contributed by atoms with Gasteiger partial charge in [-0.25, -0.2) is 4.79 Å². The van der Waals surface area contributed by atoms with E-state index >= 15 is 0 Å². The molecular formula is C9H14N4O5. The molecule has 9 heteroatoms. The number of hydrogen-bond acceptors (Lipinski definition) is 6. The van der Waals surface area contributed by atoms with E-state index in [0.717, 1.165) is 10.8 Å². The van der Waals surface area contributed by atoms with Crippen LogP contribution in [-0.2, 0) is 13.6 Å². The third kappa shape index (κ3) is 2.81. The molecule has 1 rings (SSSR count). The molecular weight excluding hydrogens is 244 g/mol. The van der Waals surface area contributed by atoms with Crippen molar-refractivity contribution in [3.8, 4) is 0 Å². The first kappa shape index (κ1) is 14.1. The lowest BCUT2D eigenvalue weighted by molar-refractivity contribution is -0.387. The van der Waals surface area contributed by atoms with Gasteiger partial charge in [-0.15, -0.1) is 0 Å². The van der Waals surface area contributed by atoms with Crippen molar-refractivity contribution < 1.29 is 10.0 Å². The van der Waals surface area contributed by atoms with Crippen LogP contribution < -0.4 is 16.6 Å². The molecule has 0 aliphatic heterocycles. The number of nitro groups is 1. The Labute approximate surface area is 101 Å².